The van der Waals surface area contributed by atoms with E-state index in [1.54, 1.807) is 44.4 Å². The smallest absolute Gasteiger partial charge is 0.411 e. The SMILES string of the molecule is C=CCOC(=O)Nc1ccc(-c2ccc(O)c3c2C[C@@H]2C[C@@H]4[C@@H](N(C)C)C(=O)C(C(N)=O)=C(O)[C@]4(O)C(=O)C2=C3O)cc1. The Morgan fingerprint density at radius 2 is 1.81 bits per heavy atom. The van der Waals surface area contributed by atoms with Crippen LogP contribution in [0.15, 0.2) is 66.0 Å². The number of primary amides is 1. The Kier molecular flexibility index (Phi) is 7.36. The van der Waals surface area contributed by atoms with Gasteiger partial charge in [-0.15, -0.1) is 0 Å². The first kappa shape index (κ1) is 29.5. The van der Waals surface area contributed by atoms with Gasteiger partial charge in [-0.2, -0.15) is 0 Å². The minimum Gasteiger partial charge on any atom is -0.508 e. The number of nitrogens with one attached hydrogen (secondary N) is 1. The molecule has 5 rings (SSSR count). The van der Waals surface area contributed by atoms with E-state index in [0.29, 0.717) is 22.4 Å². The molecule has 2 aromatic carbocycles. The number of phenolic OH excluding ortho intramolecular Hbond substituents is 1. The number of amides is 2. The van der Waals surface area contributed by atoms with Crippen molar-refractivity contribution in [2.45, 2.75) is 24.5 Å². The number of ketones is 2. The van der Waals surface area contributed by atoms with Crippen LogP contribution in [0.25, 0.3) is 16.9 Å². The highest BCUT2D eigenvalue weighted by atomic mass is 16.5. The molecule has 0 unspecified atom stereocenters. The minimum absolute atomic E-state index is 0.0102. The fraction of sp³-hybridized carbons (Fsp3) is 0.290. The van der Waals surface area contributed by atoms with Gasteiger partial charge in [-0.1, -0.05) is 30.9 Å². The molecule has 0 radical (unpaired) electrons. The third-order valence-electron chi connectivity index (χ3n) is 8.38. The first-order chi connectivity index (χ1) is 20.3. The quantitative estimate of drug-likeness (QED) is 0.215. The summed E-state index contributed by atoms with van der Waals surface area (Å²) in [4.78, 5) is 52.7. The largest absolute Gasteiger partial charge is 0.508 e. The Morgan fingerprint density at radius 3 is 2.42 bits per heavy atom. The number of fused-ring (bicyclic) bond motifs is 3. The van der Waals surface area contributed by atoms with E-state index in [0.717, 1.165) is 0 Å². The van der Waals surface area contributed by atoms with Gasteiger partial charge in [-0.05, 0) is 67.7 Å². The molecule has 7 N–H and O–H groups in total. The molecule has 2 amide bonds. The van der Waals surface area contributed by atoms with Gasteiger partial charge >= 0.3 is 6.09 Å². The van der Waals surface area contributed by atoms with Crippen LogP contribution in [-0.2, 0) is 25.5 Å². The van der Waals surface area contributed by atoms with Gasteiger partial charge in [0.1, 0.15) is 29.4 Å². The maximum absolute atomic E-state index is 14.0. The molecule has 1 fully saturated rings. The second-order valence-corrected chi connectivity index (χ2v) is 11.0. The van der Waals surface area contributed by atoms with Crippen molar-refractivity contribution in [2.24, 2.45) is 17.6 Å². The Labute approximate surface area is 246 Å². The topological polar surface area (TPSA) is 200 Å². The predicted octanol–water partition coefficient (Wildman–Crippen LogP) is 2.37. The molecule has 0 bridgehead atoms. The number of nitrogens with two attached hydrogens (primary N) is 1. The summed E-state index contributed by atoms with van der Waals surface area (Å²) >= 11 is 0. The van der Waals surface area contributed by atoms with Crippen LogP contribution in [0.2, 0.25) is 0 Å². The average Bonchev–Trinajstić information content (AvgIpc) is 2.94. The van der Waals surface area contributed by atoms with Gasteiger partial charge in [0.15, 0.2) is 11.4 Å². The van der Waals surface area contributed by atoms with Crippen LogP contribution < -0.4 is 11.1 Å². The number of anilines is 1. The summed E-state index contributed by atoms with van der Waals surface area (Å²) in [7, 11) is 3.09. The summed E-state index contributed by atoms with van der Waals surface area (Å²) in [5.41, 5.74) is 3.87. The fourth-order valence-corrected chi connectivity index (χ4v) is 6.54. The lowest BCUT2D eigenvalue weighted by atomic mass is 9.57. The highest BCUT2D eigenvalue weighted by Crippen LogP contribution is 2.53. The minimum atomic E-state index is -2.70. The maximum Gasteiger partial charge on any atom is 0.411 e. The lowest BCUT2D eigenvalue weighted by Crippen LogP contribution is -2.65. The van der Waals surface area contributed by atoms with Crippen LogP contribution in [0.4, 0.5) is 10.5 Å². The third kappa shape index (κ3) is 4.55. The molecule has 12 nitrogen and oxygen atoms in total. The van der Waals surface area contributed by atoms with E-state index >= 15 is 0 Å². The van der Waals surface area contributed by atoms with Crippen molar-refractivity contribution < 1.29 is 44.3 Å². The van der Waals surface area contributed by atoms with E-state index in [1.807, 2.05) is 0 Å². The lowest BCUT2D eigenvalue weighted by Gasteiger charge is -2.50. The first-order valence-corrected chi connectivity index (χ1v) is 13.5. The van der Waals surface area contributed by atoms with E-state index in [-0.39, 0.29) is 36.3 Å². The highest BCUT2D eigenvalue weighted by molar-refractivity contribution is 6.24. The van der Waals surface area contributed by atoms with E-state index in [4.69, 9.17) is 10.5 Å². The molecule has 3 aliphatic carbocycles. The zero-order valence-electron chi connectivity index (χ0n) is 23.5. The number of phenols is 1. The van der Waals surface area contributed by atoms with Crippen LogP contribution in [-0.4, -0.2) is 81.2 Å². The van der Waals surface area contributed by atoms with E-state index < -0.39 is 64.1 Å². The van der Waals surface area contributed by atoms with Crippen LogP contribution in [0.3, 0.4) is 0 Å². The number of ether oxygens (including phenoxy) is 1. The van der Waals surface area contributed by atoms with Crippen molar-refractivity contribution >= 4 is 35.0 Å². The molecule has 12 heteroatoms. The number of aliphatic hydroxyl groups excluding tert-OH is 2. The summed E-state index contributed by atoms with van der Waals surface area (Å²) in [6.07, 6.45) is 0.916. The van der Waals surface area contributed by atoms with E-state index in [1.165, 1.54) is 17.0 Å². The molecular weight excluding hydrogens is 558 g/mol. The zero-order chi connectivity index (χ0) is 31.4. The molecule has 224 valence electrons. The summed E-state index contributed by atoms with van der Waals surface area (Å²) in [6, 6.07) is 8.62. The molecule has 4 atom stereocenters. The Morgan fingerprint density at radius 1 is 1.14 bits per heavy atom. The van der Waals surface area contributed by atoms with Crippen molar-refractivity contribution in [3.05, 3.63) is 77.1 Å². The van der Waals surface area contributed by atoms with Gasteiger partial charge in [0.05, 0.1) is 11.6 Å². The monoisotopic (exact) mass is 589 g/mol. The molecule has 3 aliphatic rings. The Bertz CT molecular complexity index is 1640. The van der Waals surface area contributed by atoms with Gasteiger partial charge in [-0.25, -0.2) is 4.79 Å². The number of benzene rings is 2. The summed E-state index contributed by atoms with van der Waals surface area (Å²) in [5, 5.41) is 47.5. The van der Waals surface area contributed by atoms with Crippen LogP contribution >= 0.6 is 0 Å². The number of carbonyl (C=O) groups excluding carboxylic acids is 4. The molecule has 43 heavy (non-hydrogen) atoms. The fourth-order valence-electron chi connectivity index (χ4n) is 6.54. The van der Waals surface area contributed by atoms with Gasteiger partial charge in [0.2, 0.25) is 5.78 Å². The predicted molar refractivity (Wildman–Crippen MR) is 155 cm³/mol. The standard InChI is InChI=1S/C31H31N3O9/c1-4-11-43-30(41)33-16-7-5-14(6-8-16)17-9-10-20(35)22-18(17)12-15-13-19-24(34(2)3)26(37)23(29(32)40)28(39)31(19,42)27(38)21(15)25(22)36/h4-10,15,19,24,35-36,39,42H,1,11-13H2,2-3H3,(H2,32,40)(H,33,41)/t15-,19-,24-,31-/m1/s1. The normalized spacial score (nSPS) is 24.7. The molecule has 0 aromatic heterocycles. The van der Waals surface area contributed by atoms with Gasteiger partial charge in [-0.3, -0.25) is 24.6 Å². The third-order valence-corrected chi connectivity index (χ3v) is 8.38. The number of likely N-dealkylation sites (N-methyl/N-ethyl adjacent to an activating group) is 1. The zero-order valence-corrected chi connectivity index (χ0v) is 23.5. The number of rotatable bonds is 6. The number of Topliss-reactive ketones (excluding diaryl/α,β-unsaturated/α-hetero) is 2. The Hall–Kier alpha value is -4.94. The number of hydrogen-bond donors (Lipinski definition) is 6. The number of hydrogen-bond acceptors (Lipinski definition) is 10. The number of aliphatic hydroxyl groups is 3. The van der Waals surface area contributed by atoms with Gasteiger partial charge < -0.3 is 30.9 Å². The summed E-state index contributed by atoms with van der Waals surface area (Å²) in [5.74, 6) is -7.07. The summed E-state index contributed by atoms with van der Waals surface area (Å²) < 4.78 is 4.93. The number of nitrogens with zero attached hydrogens (tertiary/aromatic N) is 1. The van der Waals surface area contributed by atoms with Crippen molar-refractivity contribution in [2.75, 3.05) is 26.0 Å². The van der Waals surface area contributed by atoms with Gasteiger partial charge in [0.25, 0.3) is 5.91 Å². The van der Waals surface area contributed by atoms with Crippen molar-refractivity contribution in [1.82, 2.24) is 4.90 Å². The first-order valence-electron chi connectivity index (χ1n) is 13.5. The van der Waals surface area contributed by atoms with Crippen molar-refractivity contribution in [3.8, 4) is 16.9 Å². The second-order valence-electron chi connectivity index (χ2n) is 11.0. The second kappa shape index (κ2) is 10.7. The number of carbonyl (C=O) groups is 4. The van der Waals surface area contributed by atoms with Crippen molar-refractivity contribution in [1.29, 1.82) is 0 Å². The number of aromatic hydroxyl groups is 1. The average molecular weight is 590 g/mol. The van der Waals surface area contributed by atoms with Crippen LogP contribution in [0.1, 0.15) is 17.5 Å². The van der Waals surface area contributed by atoms with E-state index in [2.05, 4.69) is 11.9 Å². The molecule has 1 saturated carbocycles. The molecular formula is C31H31N3O9. The van der Waals surface area contributed by atoms with Crippen LogP contribution in [0.5, 0.6) is 5.75 Å². The summed E-state index contributed by atoms with van der Waals surface area (Å²) in [6.45, 7) is 3.54. The van der Waals surface area contributed by atoms with Crippen molar-refractivity contribution in [3.63, 3.8) is 0 Å². The van der Waals surface area contributed by atoms with Crippen LogP contribution in [0, 0.1) is 11.8 Å². The van der Waals surface area contributed by atoms with Gasteiger partial charge in [0, 0.05) is 17.2 Å². The highest BCUT2D eigenvalue weighted by Gasteiger charge is 2.64. The molecule has 2 aromatic rings. The molecule has 0 spiro atoms. The molecule has 0 saturated heterocycles. The lowest BCUT2D eigenvalue weighted by molar-refractivity contribution is -0.153. The molecule has 0 aliphatic heterocycles. The maximum atomic E-state index is 14.0. The molecule has 0 heterocycles. The Balaban J connectivity index is 1.60. The van der Waals surface area contributed by atoms with E-state index in [9.17, 15) is 39.6 Å².